The summed E-state index contributed by atoms with van der Waals surface area (Å²) in [7, 11) is 0. The molecule has 2 heteroatoms. The minimum atomic E-state index is 0.321. The monoisotopic (exact) mass is 235 g/mol. The molecular formula is C15H25NO. The second-order valence-electron chi connectivity index (χ2n) is 4.49. The molecule has 0 aliphatic heterocycles. The summed E-state index contributed by atoms with van der Waals surface area (Å²) in [5, 5.41) is 3.54. The van der Waals surface area contributed by atoms with E-state index in [0.717, 1.165) is 32.6 Å². The Morgan fingerprint density at radius 1 is 1.12 bits per heavy atom. The molecule has 0 radical (unpaired) electrons. The van der Waals surface area contributed by atoms with Gasteiger partial charge in [-0.2, -0.15) is 0 Å². The van der Waals surface area contributed by atoms with Crippen molar-refractivity contribution in [2.75, 3.05) is 19.8 Å². The third-order valence-electron chi connectivity index (χ3n) is 2.75. The predicted molar refractivity (Wildman–Crippen MR) is 73.3 cm³/mol. The molecule has 0 saturated carbocycles. The van der Waals surface area contributed by atoms with Gasteiger partial charge in [0.1, 0.15) is 0 Å². The number of benzene rings is 1. The molecule has 1 rings (SSSR count). The lowest BCUT2D eigenvalue weighted by Crippen LogP contribution is -2.26. The van der Waals surface area contributed by atoms with E-state index in [9.17, 15) is 0 Å². The minimum Gasteiger partial charge on any atom is -0.379 e. The van der Waals surface area contributed by atoms with Gasteiger partial charge in [0, 0.05) is 6.61 Å². The van der Waals surface area contributed by atoms with Gasteiger partial charge in [0.25, 0.3) is 0 Å². The van der Waals surface area contributed by atoms with Gasteiger partial charge in [0.05, 0.1) is 12.6 Å². The molecule has 0 heterocycles. The molecule has 0 aliphatic rings. The van der Waals surface area contributed by atoms with Crippen LogP contribution in [0.5, 0.6) is 0 Å². The van der Waals surface area contributed by atoms with E-state index in [0.29, 0.717) is 6.04 Å². The lowest BCUT2D eigenvalue weighted by molar-refractivity contribution is 0.112. The molecule has 2 nitrogen and oxygen atoms in total. The molecule has 1 unspecified atom stereocenters. The SMILES string of the molecule is CCCNC(COCCC)c1ccc(C)cc1. The van der Waals surface area contributed by atoms with E-state index in [1.165, 1.54) is 11.1 Å². The van der Waals surface area contributed by atoms with E-state index in [1.807, 2.05) is 0 Å². The van der Waals surface area contributed by atoms with Crippen molar-refractivity contribution >= 4 is 0 Å². The first-order valence-corrected chi connectivity index (χ1v) is 6.65. The molecule has 96 valence electrons. The predicted octanol–water partition coefficient (Wildman–Crippen LogP) is 3.46. The molecule has 0 spiro atoms. The van der Waals surface area contributed by atoms with Crippen LogP contribution in [0.2, 0.25) is 0 Å². The van der Waals surface area contributed by atoms with Crippen molar-refractivity contribution in [2.45, 2.75) is 39.7 Å². The van der Waals surface area contributed by atoms with E-state index >= 15 is 0 Å². The highest BCUT2D eigenvalue weighted by Crippen LogP contribution is 2.14. The summed E-state index contributed by atoms with van der Waals surface area (Å²) in [6.07, 6.45) is 2.23. The number of hydrogen-bond donors (Lipinski definition) is 1. The molecule has 17 heavy (non-hydrogen) atoms. The van der Waals surface area contributed by atoms with Crippen molar-refractivity contribution in [3.05, 3.63) is 35.4 Å². The van der Waals surface area contributed by atoms with Crippen LogP contribution in [0.4, 0.5) is 0 Å². The van der Waals surface area contributed by atoms with Gasteiger partial charge in [0.2, 0.25) is 0 Å². The first-order valence-electron chi connectivity index (χ1n) is 6.65. The molecule has 0 saturated heterocycles. The summed E-state index contributed by atoms with van der Waals surface area (Å²) in [5.41, 5.74) is 2.62. The Hall–Kier alpha value is -0.860. The quantitative estimate of drug-likeness (QED) is 0.697. The molecule has 1 atom stereocenters. The Morgan fingerprint density at radius 3 is 2.41 bits per heavy atom. The van der Waals surface area contributed by atoms with Gasteiger partial charge in [-0.25, -0.2) is 0 Å². The van der Waals surface area contributed by atoms with Crippen molar-refractivity contribution in [3.8, 4) is 0 Å². The second-order valence-corrected chi connectivity index (χ2v) is 4.49. The first-order chi connectivity index (χ1) is 8.27. The maximum absolute atomic E-state index is 5.66. The number of nitrogens with one attached hydrogen (secondary N) is 1. The number of ether oxygens (including phenoxy) is 1. The zero-order chi connectivity index (χ0) is 12.5. The smallest absolute Gasteiger partial charge is 0.0661 e. The maximum atomic E-state index is 5.66. The van der Waals surface area contributed by atoms with Crippen LogP contribution < -0.4 is 5.32 Å². The van der Waals surface area contributed by atoms with Crippen molar-refractivity contribution in [3.63, 3.8) is 0 Å². The van der Waals surface area contributed by atoms with Crippen LogP contribution in [0.15, 0.2) is 24.3 Å². The van der Waals surface area contributed by atoms with E-state index in [-0.39, 0.29) is 0 Å². The molecule has 0 aliphatic carbocycles. The van der Waals surface area contributed by atoms with Gasteiger partial charge in [-0.3, -0.25) is 0 Å². The molecule has 1 aromatic carbocycles. The van der Waals surface area contributed by atoms with Crippen molar-refractivity contribution in [1.29, 1.82) is 0 Å². The lowest BCUT2D eigenvalue weighted by atomic mass is 10.1. The molecule has 0 bridgehead atoms. The van der Waals surface area contributed by atoms with Crippen LogP contribution >= 0.6 is 0 Å². The Kier molecular flexibility index (Phi) is 6.90. The number of hydrogen-bond acceptors (Lipinski definition) is 2. The fourth-order valence-electron chi connectivity index (χ4n) is 1.74. The molecule has 1 N–H and O–H groups in total. The normalized spacial score (nSPS) is 12.6. The van der Waals surface area contributed by atoms with Crippen LogP contribution in [0, 0.1) is 6.92 Å². The number of rotatable bonds is 8. The number of aryl methyl sites for hydroxylation is 1. The molecule has 0 amide bonds. The Bertz CT molecular complexity index is 294. The Labute approximate surface area is 105 Å². The van der Waals surface area contributed by atoms with Crippen LogP contribution in [-0.2, 0) is 4.74 Å². The third kappa shape index (κ3) is 5.33. The topological polar surface area (TPSA) is 21.3 Å². The average Bonchev–Trinajstić information content (AvgIpc) is 2.35. The molecule has 0 fully saturated rings. The van der Waals surface area contributed by atoms with Crippen LogP contribution in [-0.4, -0.2) is 19.8 Å². The minimum absolute atomic E-state index is 0.321. The van der Waals surface area contributed by atoms with E-state index in [2.05, 4.69) is 50.4 Å². The fraction of sp³-hybridized carbons (Fsp3) is 0.600. The fourth-order valence-corrected chi connectivity index (χ4v) is 1.74. The lowest BCUT2D eigenvalue weighted by Gasteiger charge is -2.19. The standard InChI is InChI=1S/C15H25NO/c1-4-10-16-15(12-17-11-5-2)14-8-6-13(3)7-9-14/h6-9,15-16H,4-5,10-12H2,1-3H3. The maximum Gasteiger partial charge on any atom is 0.0661 e. The van der Waals surface area contributed by atoms with Gasteiger partial charge >= 0.3 is 0 Å². The van der Waals surface area contributed by atoms with Crippen molar-refractivity contribution < 1.29 is 4.74 Å². The first kappa shape index (κ1) is 14.2. The van der Waals surface area contributed by atoms with Crippen molar-refractivity contribution in [1.82, 2.24) is 5.32 Å². The zero-order valence-corrected chi connectivity index (χ0v) is 11.3. The zero-order valence-electron chi connectivity index (χ0n) is 11.3. The molecule has 0 aromatic heterocycles. The average molecular weight is 235 g/mol. The van der Waals surface area contributed by atoms with E-state index in [1.54, 1.807) is 0 Å². The summed E-state index contributed by atoms with van der Waals surface area (Å²) >= 11 is 0. The molecular weight excluding hydrogens is 210 g/mol. The van der Waals surface area contributed by atoms with Crippen LogP contribution in [0.3, 0.4) is 0 Å². The summed E-state index contributed by atoms with van der Waals surface area (Å²) in [6, 6.07) is 9.03. The molecule has 1 aromatic rings. The van der Waals surface area contributed by atoms with Crippen molar-refractivity contribution in [2.24, 2.45) is 0 Å². The van der Waals surface area contributed by atoms with Gasteiger partial charge in [0.15, 0.2) is 0 Å². The van der Waals surface area contributed by atoms with Gasteiger partial charge in [-0.05, 0) is 31.9 Å². The Balaban J connectivity index is 2.57. The van der Waals surface area contributed by atoms with Crippen LogP contribution in [0.25, 0.3) is 0 Å². The third-order valence-corrected chi connectivity index (χ3v) is 2.75. The van der Waals surface area contributed by atoms with Gasteiger partial charge < -0.3 is 10.1 Å². The highest BCUT2D eigenvalue weighted by molar-refractivity contribution is 5.24. The summed E-state index contributed by atoms with van der Waals surface area (Å²) in [4.78, 5) is 0. The summed E-state index contributed by atoms with van der Waals surface area (Å²) in [6.45, 7) is 9.08. The Morgan fingerprint density at radius 2 is 1.82 bits per heavy atom. The second kappa shape index (κ2) is 8.26. The van der Waals surface area contributed by atoms with Crippen LogP contribution in [0.1, 0.15) is 43.9 Å². The highest BCUT2D eigenvalue weighted by atomic mass is 16.5. The summed E-state index contributed by atoms with van der Waals surface area (Å²) < 4.78 is 5.66. The van der Waals surface area contributed by atoms with E-state index < -0.39 is 0 Å². The van der Waals surface area contributed by atoms with E-state index in [4.69, 9.17) is 4.74 Å². The highest BCUT2D eigenvalue weighted by Gasteiger charge is 2.10. The van der Waals surface area contributed by atoms with Gasteiger partial charge in [-0.15, -0.1) is 0 Å². The van der Waals surface area contributed by atoms with Gasteiger partial charge in [-0.1, -0.05) is 43.7 Å². The largest absolute Gasteiger partial charge is 0.379 e. The summed E-state index contributed by atoms with van der Waals surface area (Å²) in [5.74, 6) is 0.